The molecule has 1 aliphatic rings. The van der Waals surface area contributed by atoms with Crippen molar-refractivity contribution >= 4 is 15.9 Å². The Morgan fingerprint density at radius 2 is 2.32 bits per heavy atom. The van der Waals surface area contributed by atoms with Crippen molar-refractivity contribution in [2.75, 3.05) is 13.2 Å². The number of nitrogens with one attached hydrogen (secondary N) is 1. The number of hydrogen-bond donors (Lipinski definition) is 1. The summed E-state index contributed by atoms with van der Waals surface area (Å²) in [7, 11) is 0. The van der Waals surface area contributed by atoms with E-state index in [4.69, 9.17) is 4.74 Å². The molecule has 2 nitrogen and oxygen atoms in total. The Bertz CT molecular complexity index is 461. The number of allylic oxidation sites excluding steroid dienone is 1. The summed E-state index contributed by atoms with van der Waals surface area (Å²) >= 11 is 3.34. The van der Waals surface area contributed by atoms with Gasteiger partial charge in [0.05, 0.1) is 17.1 Å². The van der Waals surface area contributed by atoms with Crippen LogP contribution < -0.4 is 5.32 Å². The zero-order valence-electron chi connectivity index (χ0n) is 11.1. The topological polar surface area (TPSA) is 21.3 Å². The average molecular weight is 328 g/mol. The number of ether oxygens (including phenoxy) is 1. The molecule has 0 radical (unpaired) electrons. The van der Waals surface area contributed by atoms with Crippen LogP contribution in [0.15, 0.2) is 34.5 Å². The number of rotatable bonds is 5. The van der Waals surface area contributed by atoms with Crippen LogP contribution >= 0.6 is 15.9 Å². The van der Waals surface area contributed by atoms with Crippen LogP contribution in [0.2, 0.25) is 0 Å². The first-order valence-corrected chi connectivity index (χ1v) is 7.53. The third-order valence-corrected chi connectivity index (χ3v) is 3.97. The molecule has 0 fully saturated rings. The maximum atomic E-state index is 13.7. The molecule has 0 amide bonds. The molecular formula is C15H19BrFNO. The maximum absolute atomic E-state index is 13.7. The van der Waals surface area contributed by atoms with Crippen molar-refractivity contribution in [1.29, 1.82) is 0 Å². The Morgan fingerprint density at radius 1 is 1.47 bits per heavy atom. The first kappa shape index (κ1) is 14.5. The SMILES string of the molecule is CCCNC(C1=CCCCO1)c1cccc(F)c1Br. The molecule has 19 heavy (non-hydrogen) atoms. The number of hydrogen-bond acceptors (Lipinski definition) is 2. The zero-order chi connectivity index (χ0) is 13.7. The van der Waals surface area contributed by atoms with E-state index in [0.29, 0.717) is 4.47 Å². The second kappa shape index (κ2) is 7.06. The molecular weight excluding hydrogens is 309 g/mol. The fourth-order valence-corrected chi connectivity index (χ4v) is 2.67. The van der Waals surface area contributed by atoms with E-state index in [-0.39, 0.29) is 11.9 Å². The van der Waals surface area contributed by atoms with Gasteiger partial charge in [-0.3, -0.25) is 0 Å². The van der Waals surface area contributed by atoms with Crippen LogP contribution in [0.4, 0.5) is 4.39 Å². The van der Waals surface area contributed by atoms with Crippen molar-refractivity contribution in [2.24, 2.45) is 0 Å². The third kappa shape index (κ3) is 3.57. The molecule has 104 valence electrons. The molecule has 1 N–H and O–H groups in total. The van der Waals surface area contributed by atoms with E-state index < -0.39 is 0 Å². The third-order valence-electron chi connectivity index (χ3n) is 3.14. The molecule has 0 saturated carbocycles. The lowest BCUT2D eigenvalue weighted by molar-refractivity contribution is 0.167. The van der Waals surface area contributed by atoms with Gasteiger partial charge >= 0.3 is 0 Å². The highest BCUT2D eigenvalue weighted by atomic mass is 79.9. The predicted molar refractivity (Wildman–Crippen MR) is 78.4 cm³/mol. The van der Waals surface area contributed by atoms with Crippen LogP contribution in [0.25, 0.3) is 0 Å². The van der Waals surface area contributed by atoms with Gasteiger partial charge in [-0.15, -0.1) is 0 Å². The van der Waals surface area contributed by atoms with Crippen molar-refractivity contribution in [3.8, 4) is 0 Å². The van der Waals surface area contributed by atoms with Crippen LogP contribution in [-0.2, 0) is 4.74 Å². The molecule has 1 unspecified atom stereocenters. The van der Waals surface area contributed by atoms with Gasteiger partial charge in [-0.05, 0) is 59.4 Å². The van der Waals surface area contributed by atoms with Gasteiger partial charge in [0.15, 0.2) is 0 Å². The smallest absolute Gasteiger partial charge is 0.137 e. The number of halogens is 2. The van der Waals surface area contributed by atoms with Gasteiger partial charge in [-0.2, -0.15) is 0 Å². The van der Waals surface area contributed by atoms with Gasteiger partial charge < -0.3 is 10.1 Å². The first-order valence-electron chi connectivity index (χ1n) is 6.74. The summed E-state index contributed by atoms with van der Waals surface area (Å²) < 4.78 is 19.9. The van der Waals surface area contributed by atoms with Gasteiger partial charge in [-0.25, -0.2) is 4.39 Å². The van der Waals surface area contributed by atoms with Gasteiger partial charge in [0.2, 0.25) is 0 Å². The first-order chi connectivity index (χ1) is 9.24. The standard InChI is InChI=1S/C15H19BrFNO/c1-2-9-18-15(13-8-3-4-10-19-13)11-6-5-7-12(17)14(11)16/h5-8,15,18H,2-4,9-10H2,1H3. The van der Waals surface area contributed by atoms with Crippen LogP contribution in [0, 0.1) is 5.82 Å². The highest BCUT2D eigenvalue weighted by Gasteiger charge is 2.22. The van der Waals surface area contributed by atoms with Gasteiger partial charge in [0.1, 0.15) is 11.6 Å². The zero-order valence-corrected chi connectivity index (χ0v) is 12.7. The molecule has 1 aliphatic heterocycles. The number of benzene rings is 1. The summed E-state index contributed by atoms with van der Waals surface area (Å²) in [5.41, 5.74) is 0.890. The summed E-state index contributed by atoms with van der Waals surface area (Å²) in [5.74, 6) is 0.670. The minimum Gasteiger partial charge on any atom is -0.496 e. The average Bonchev–Trinajstić information content (AvgIpc) is 2.45. The van der Waals surface area contributed by atoms with Crippen LogP contribution in [0.3, 0.4) is 0 Å². The van der Waals surface area contributed by atoms with E-state index in [1.165, 1.54) is 6.07 Å². The molecule has 0 spiro atoms. The molecule has 0 bridgehead atoms. The Morgan fingerprint density at radius 3 is 3.00 bits per heavy atom. The lowest BCUT2D eigenvalue weighted by Gasteiger charge is -2.26. The van der Waals surface area contributed by atoms with Gasteiger partial charge in [0.25, 0.3) is 0 Å². The van der Waals surface area contributed by atoms with Crippen molar-refractivity contribution in [1.82, 2.24) is 5.32 Å². The van der Waals surface area contributed by atoms with Crippen molar-refractivity contribution < 1.29 is 9.13 Å². The molecule has 2 rings (SSSR count). The molecule has 0 saturated heterocycles. The molecule has 4 heteroatoms. The summed E-state index contributed by atoms with van der Waals surface area (Å²) in [6, 6.07) is 5.05. The molecule has 0 aliphatic carbocycles. The molecule has 1 heterocycles. The van der Waals surface area contributed by atoms with Crippen LogP contribution in [-0.4, -0.2) is 13.2 Å². The van der Waals surface area contributed by atoms with E-state index in [0.717, 1.165) is 43.7 Å². The minimum absolute atomic E-state index is 0.0784. The Balaban J connectivity index is 2.30. The molecule has 1 aromatic rings. The second-order valence-electron chi connectivity index (χ2n) is 4.63. The molecule has 1 atom stereocenters. The van der Waals surface area contributed by atoms with Gasteiger partial charge in [0, 0.05) is 0 Å². The van der Waals surface area contributed by atoms with E-state index >= 15 is 0 Å². The van der Waals surface area contributed by atoms with Gasteiger partial charge in [-0.1, -0.05) is 19.1 Å². The van der Waals surface area contributed by atoms with Crippen LogP contribution in [0.1, 0.15) is 37.8 Å². The Hall–Kier alpha value is -0.870. The lowest BCUT2D eigenvalue weighted by Crippen LogP contribution is -2.26. The summed E-state index contributed by atoms with van der Waals surface area (Å²) in [5, 5.41) is 3.43. The quantitative estimate of drug-likeness (QED) is 0.869. The normalized spacial score (nSPS) is 16.7. The fourth-order valence-electron chi connectivity index (χ4n) is 2.17. The van der Waals surface area contributed by atoms with E-state index in [1.54, 1.807) is 6.07 Å². The monoisotopic (exact) mass is 327 g/mol. The second-order valence-corrected chi connectivity index (χ2v) is 5.42. The Labute approximate surface area is 122 Å². The Kier molecular flexibility index (Phi) is 5.40. The highest BCUT2D eigenvalue weighted by molar-refractivity contribution is 9.10. The van der Waals surface area contributed by atoms with E-state index in [2.05, 4.69) is 34.2 Å². The largest absolute Gasteiger partial charge is 0.496 e. The van der Waals surface area contributed by atoms with Crippen molar-refractivity contribution in [2.45, 2.75) is 32.2 Å². The molecule has 0 aromatic heterocycles. The van der Waals surface area contributed by atoms with E-state index in [1.807, 2.05) is 6.07 Å². The van der Waals surface area contributed by atoms with Crippen molar-refractivity contribution in [3.63, 3.8) is 0 Å². The summed E-state index contributed by atoms with van der Waals surface area (Å²) in [6.45, 7) is 3.72. The maximum Gasteiger partial charge on any atom is 0.137 e. The minimum atomic E-state index is -0.239. The predicted octanol–water partition coefficient (Wildman–Crippen LogP) is 4.32. The fraction of sp³-hybridized carbons (Fsp3) is 0.467. The van der Waals surface area contributed by atoms with Crippen LogP contribution in [0.5, 0.6) is 0 Å². The van der Waals surface area contributed by atoms with Crippen molar-refractivity contribution in [3.05, 3.63) is 45.9 Å². The summed E-state index contributed by atoms with van der Waals surface area (Å²) in [6.07, 6.45) is 5.20. The molecule has 1 aromatic carbocycles. The van der Waals surface area contributed by atoms with E-state index in [9.17, 15) is 4.39 Å². The highest BCUT2D eigenvalue weighted by Crippen LogP contribution is 2.32. The lowest BCUT2D eigenvalue weighted by atomic mass is 10.0. The summed E-state index contributed by atoms with van der Waals surface area (Å²) in [4.78, 5) is 0.